The van der Waals surface area contributed by atoms with Crippen molar-refractivity contribution < 1.29 is 4.79 Å². The molecule has 0 aromatic heterocycles. The SMILES string of the molecule is CCC(C#N)(CC)NC(=O)c1ccc(Cl)c(Cl)c1. The molecule has 0 aliphatic heterocycles. The van der Waals surface area contributed by atoms with Gasteiger partial charge in [-0.3, -0.25) is 4.79 Å². The highest BCUT2D eigenvalue weighted by Gasteiger charge is 2.28. The number of carbonyl (C=O) groups excluding carboxylic acids is 1. The quantitative estimate of drug-likeness (QED) is 0.914. The molecule has 1 amide bonds. The van der Waals surface area contributed by atoms with E-state index in [-0.39, 0.29) is 5.91 Å². The first-order chi connectivity index (χ1) is 8.48. The minimum Gasteiger partial charge on any atom is -0.334 e. The number of benzene rings is 1. The molecule has 0 heterocycles. The van der Waals surface area contributed by atoms with Crippen LogP contribution in [-0.4, -0.2) is 11.4 Å². The first-order valence-corrected chi connectivity index (χ1v) is 6.42. The molecule has 0 aliphatic rings. The molecular weight excluding hydrogens is 271 g/mol. The van der Waals surface area contributed by atoms with Crippen LogP contribution in [0.4, 0.5) is 0 Å². The lowest BCUT2D eigenvalue weighted by atomic mass is 9.94. The van der Waals surface area contributed by atoms with Crippen molar-refractivity contribution in [1.29, 1.82) is 5.26 Å². The van der Waals surface area contributed by atoms with E-state index < -0.39 is 5.54 Å². The van der Waals surface area contributed by atoms with Gasteiger partial charge in [0.25, 0.3) is 5.91 Å². The molecule has 5 heteroatoms. The van der Waals surface area contributed by atoms with Crippen molar-refractivity contribution in [2.75, 3.05) is 0 Å². The molecule has 0 bridgehead atoms. The second-order valence-corrected chi connectivity index (χ2v) is 4.80. The van der Waals surface area contributed by atoms with Crippen LogP contribution >= 0.6 is 23.2 Å². The number of nitriles is 1. The topological polar surface area (TPSA) is 52.9 Å². The fraction of sp³-hybridized carbons (Fsp3) is 0.385. The lowest BCUT2D eigenvalue weighted by molar-refractivity contribution is 0.0915. The average molecular weight is 285 g/mol. The van der Waals surface area contributed by atoms with Crippen molar-refractivity contribution in [3.8, 4) is 6.07 Å². The molecule has 0 atom stereocenters. The van der Waals surface area contributed by atoms with E-state index >= 15 is 0 Å². The Balaban J connectivity index is 2.95. The minimum atomic E-state index is -0.830. The highest BCUT2D eigenvalue weighted by atomic mass is 35.5. The first-order valence-electron chi connectivity index (χ1n) is 5.67. The van der Waals surface area contributed by atoms with Gasteiger partial charge in [0.15, 0.2) is 0 Å². The predicted molar refractivity (Wildman–Crippen MR) is 72.9 cm³/mol. The predicted octanol–water partition coefficient (Wildman–Crippen LogP) is 3.81. The van der Waals surface area contributed by atoms with Gasteiger partial charge >= 0.3 is 0 Å². The molecule has 18 heavy (non-hydrogen) atoms. The summed E-state index contributed by atoms with van der Waals surface area (Å²) >= 11 is 11.6. The van der Waals surface area contributed by atoms with Gasteiger partial charge in [-0.2, -0.15) is 5.26 Å². The van der Waals surface area contributed by atoms with Crippen LogP contribution in [0.5, 0.6) is 0 Å². The Hall–Kier alpha value is -1.24. The number of nitrogens with one attached hydrogen (secondary N) is 1. The minimum absolute atomic E-state index is 0.319. The van der Waals surface area contributed by atoms with Gasteiger partial charge in [-0.1, -0.05) is 37.0 Å². The van der Waals surface area contributed by atoms with Crippen molar-refractivity contribution in [2.45, 2.75) is 32.2 Å². The maximum atomic E-state index is 12.0. The Morgan fingerprint density at radius 2 is 1.94 bits per heavy atom. The maximum Gasteiger partial charge on any atom is 0.252 e. The number of amides is 1. The van der Waals surface area contributed by atoms with Crippen LogP contribution in [0.2, 0.25) is 10.0 Å². The van der Waals surface area contributed by atoms with Crippen LogP contribution in [0, 0.1) is 11.3 Å². The summed E-state index contributed by atoms with van der Waals surface area (Å²) < 4.78 is 0. The Kier molecular flexibility index (Phi) is 5.01. The monoisotopic (exact) mass is 284 g/mol. The van der Waals surface area contributed by atoms with Crippen LogP contribution in [0.1, 0.15) is 37.0 Å². The van der Waals surface area contributed by atoms with Gasteiger partial charge in [0, 0.05) is 5.56 Å². The van der Waals surface area contributed by atoms with E-state index in [4.69, 9.17) is 28.5 Å². The molecule has 96 valence electrons. The van der Waals surface area contributed by atoms with E-state index in [2.05, 4.69) is 11.4 Å². The fourth-order valence-electron chi connectivity index (χ4n) is 1.54. The molecule has 1 aromatic carbocycles. The van der Waals surface area contributed by atoms with Gasteiger partial charge in [-0.05, 0) is 31.0 Å². The summed E-state index contributed by atoms with van der Waals surface area (Å²) in [6.45, 7) is 3.73. The highest BCUT2D eigenvalue weighted by molar-refractivity contribution is 6.42. The van der Waals surface area contributed by atoms with Crippen LogP contribution in [0.25, 0.3) is 0 Å². The van der Waals surface area contributed by atoms with Crippen LogP contribution in [0.15, 0.2) is 18.2 Å². The molecule has 1 aromatic rings. The Labute approximate surface area is 117 Å². The van der Waals surface area contributed by atoms with Crippen molar-refractivity contribution in [3.05, 3.63) is 33.8 Å². The molecule has 0 fully saturated rings. The van der Waals surface area contributed by atoms with E-state index in [0.717, 1.165) is 0 Å². The van der Waals surface area contributed by atoms with Crippen molar-refractivity contribution in [1.82, 2.24) is 5.32 Å². The molecule has 0 saturated heterocycles. The third kappa shape index (κ3) is 3.16. The number of hydrogen-bond acceptors (Lipinski definition) is 2. The summed E-state index contributed by atoms with van der Waals surface area (Å²) in [6, 6.07) is 6.78. The van der Waals surface area contributed by atoms with E-state index in [1.165, 1.54) is 6.07 Å². The molecule has 0 saturated carbocycles. The molecule has 0 aliphatic carbocycles. The summed E-state index contributed by atoms with van der Waals surface area (Å²) in [4.78, 5) is 12.0. The van der Waals surface area contributed by atoms with Gasteiger partial charge in [-0.25, -0.2) is 0 Å². The standard InChI is InChI=1S/C13H14Cl2N2O/c1-3-13(4-2,8-16)17-12(18)9-5-6-10(14)11(15)7-9/h5-7H,3-4H2,1-2H3,(H,17,18). The largest absolute Gasteiger partial charge is 0.334 e. The second kappa shape index (κ2) is 6.08. The zero-order valence-electron chi connectivity index (χ0n) is 10.3. The van der Waals surface area contributed by atoms with Crippen molar-refractivity contribution in [3.63, 3.8) is 0 Å². The van der Waals surface area contributed by atoms with Gasteiger partial charge < -0.3 is 5.32 Å². The van der Waals surface area contributed by atoms with Crippen LogP contribution < -0.4 is 5.32 Å². The van der Waals surface area contributed by atoms with Crippen LogP contribution in [-0.2, 0) is 0 Å². The molecule has 1 N–H and O–H groups in total. The number of carbonyl (C=O) groups is 1. The molecule has 3 nitrogen and oxygen atoms in total. The van der Waals surface area contributed by atoms with E-state index in [1.54, 1.807) is 12.1 Å². The number of nitrogens with zero attached hydrogens (tertiary/aromatic N) is 1. The van der Waals surface area contributed by atoms with Crippen LogP contribution in [0.3, 0.4) is 0 Å². The van der Waals surface area contributed by atoms with Crippen molar-refractivity contribution in [2.24, 2.45) is 0 Å². The number of rotatable bonds is 4. The van der Waals surface area contributed by atoms with Gasteiger partial charge in [0.2, 0.25) is 0 Å². The lowest BCUT2D eigenvalue weighted by Gasteiger charge is -2.24. The fourth-order valence-corrected chi connectivity index (χ4v) is 1.84. The summed E-state index contributed by atoms with van der Waals surface area (Å²) in [5, 5.41) is 12.6. The average Bonchev–Trinajstić information content (AvgIpc) is 2.39. The Morgan fingerprint density at radius 3 is 2.39 bits per heavy atom. The van der Waals surface area contributed by atoms with Gasteiger partial charge in [0.05, 0.1) is 16.1 Å². The van der Waals surface area contributed by atoms with Gasteiger partial charge in [0.1, 0.15) is 5.54 Å². The summed E-state index contributed by atoms with van der Waals surface area (Å²) in [6.07, 6.45) is 1.10. The maximum absolute atomic E-state index is 12.0. The molecular formula is C13H14Cl2N2O. The summed E-state index contributed by atoms with van der Waals surface area (Å²) in [7, 11) is 0. The van der Waals surface area contributed by atoms with Crippen molar-refractivity contribution >= 4 is 29.1 Å². The van der Waals surface area contributed by atoms with E-state index in [9.17, 15) is 4.79 Å². The molecule has 0 radical (unpaired) electrons. The first kappa shape index (κ1) is 14.8. The molecule has 0 unspecified atom stereocenters. The summed E-state index contributed by atoms with van der Waals surface area (Å²) in [5.41, 5.74) is -0.436. The zero-order chi connectivity index (χ0) is 13.8. The highest BCUT2D eigenvalue weighted by Crippen LogP contribution is 2.23. The number of halogens is 2. The van der Waals surface area contributed by atoms with Gasteiger partial charge in [-0.15, -0.1) is 0 Å². The molecule has 1 rings (SSSR count). The number of hydrogen-bond donors (Lipinski definition) is 1. The normalized spacial score (nSPS) is 10.8. The third-order valence-corrected chi connectivity index (χ3v) is 3.69. The second-order valence-electron chi connectivity index (χ2n) is 3.98. The Morgan fingerprint density at radius 1 is 1.33 bits per heavy atom. The van der Waals surface area contributed by atoms with E-state index in [0.29, 0.717) is 28.5 Å². The molecule has 0 spiro atoms. The lowest BCUT2D eigenvalue weighted by Crippen LogP contribution is -2.46. The Bertz CT molecular complexity index is 490. The third-order valence-electron chi connectivity index (χ3n) is 2.96. The smallest absolute Gasteiger partial charge is 0.252 e. The van der Waals surface area contributed by atoms with E-state index in [1.807, 2.05) is 13.8 Å². The summed E-state index contributed by atoms with van der Waals surface area (Å²) in [5.74, 6) is -0.321. The zero-order valence-corrected chi connectivity index (χ0v) is 11.8.